The molecule has 0 heterocycles. The average molecular weight is 321 g/mol. The largest absolute Gasteiger partial charge is 0.0732 e. The molecular formula is C24H32. The predicted molar refractivity (Wildman–Crippen MR) is 108 cm³/mol. The number of hydrogen-bond acceptors (Lipinski definition) is 0. The fraction of sp³-hybridized carbons (Fsp3) is 0.417. The summed E-state index contributed by atoms with van der Waals surface area (Å²) in [7, 11) is 0. The van der Waals surface area contributed by atoms with Crippen LogP contribution in [0, 0.1) is 53.4 Å². The zero-order chi connectivity index (χ0) is 18.0. The van der Waals surface area contributed by atoms with Gasteiger partial charge in [-0.05, 0) is 97.2 Å². The van der Waals surface area contributed by atoms with Gasteiger partial charge in [-0.3, -0.25) is 0 Å². The number of aryl methyl sites for hydroxylation is 6. The molecule has 0 aliphatic heterocycles. The first-order valence-electron chi connectivity index (χ1n) is 9.04. The standard InChI is InChI=1S/C14H18.C10H14/c1-9-5-13-7-11(3)12(4)8-14(13)6-10(9)2;1-7-5-9(3)10(4)6-8(7)2/h5-10H,1-4H3;5-6H,1-4H3. The van der Waals surface area contributed by atoms with Gasteiger partial charge in [0.15, 0.2) is 0 Å². The smallest absolute Gasteiger partial charge is 0.0192 e. The highest BCUT2D eigenvalue weighted by molar-refractivity contribution is 5.45. The van der Waals surface area contributed by atoms with E-state index in [4.69, 9.17) is 0 Å². The Hall–Kier alpha value is -1.82. The first-order valence-corrected chi connectivity index (χ1v) is 9.04. The van der Waals surface area contributed by atoms with E-state index in [1.165, 1.54) is 43.8 Å². The van der Waals surface area contributed by atoms with E-state index in [2.05, 4.69) is 91.8 Å². The van der Waals surface area contributed by atoms with Gasteiger partial charge in [0.05, 0.1) is 0 Å². The van der Waals surface area contributed by atoms with Gasteiger partial charge < -0.3 is 0 Å². The normalized spacial score (nSPS) is 18.7. The molecule has 0 nitrogen and oxygen atoms in total. The van der Waals surface area contributed by atoms with E-state index in [-0.39, 0.29) is 0 Å². The minimum Gasteiger partial charge on any atom is -0.0732 e. The van der Waals surface area contributed by atoms with Crippen molar-refractivity contribution in [2.75, 3.05) is 0 Å². The SMILES string of the molecule is Cc1cc(C)c(C)cc1C.Cc1cc2c(cc1C)=CC(C)C(C)C=2. The number of rotatable bonds is 0. The molecule has 3 rings (SSSR count). The molecule has 0 saturated carbocycles. The molecule has 0 N–H and O–H groups in total. The van der Waals surface area contributed by atoms with Crippen molar-refractivity contribution in [2.24, 2.45) is 11.8 Å². The van der Waals surface area contributed by atoms with E-state index in [0.29, 0.717) is 11.8 Å². The number of hydrogen-bond donors (Lipinski definition) is 0. The second-order valence-corrected chi connectivity index (χ2v) is 7.64. The van der Waals surface area contributed by atoms with Crippen molar-refractivity contribution in [3.8, 4) is 0 Å². The molecule has 2 unspecified atom stereocenters. The third-order valence-corrected chi connectivity index (χ3v) is 5.52. The zero-order valence-electron chi connectivity index (χ0n) is 16.6. The molecule has 0 heteroatoms. The van der Waals surface area contributed by atoms with E-state index < -0.39 is 0 Å². The maximum atomic E-state index is 2.40. The lowest BCUT2D eigenvalue weighted by atomic mass is 9.88. The molecule has 2 aromatic carbocycles. The Balaban J connectivity index is 0.000000185. The molecule has 1 aliphatic carbocycles. The summed E-state index contributed by atoms with van der Waals surface area (Å²) in [5.74, 6) is 1.34. The second kappa shape index (κ2) is 7.38. The van der Waals surface area contributed by atoms with Gasteiger partial charge in [0.2, 0.25) is 0 Å². The van der Waals surface area contributed by atoms with Gasteiger partial charge in [0.25, 0.3) is 0 Å². The van der Waals surface area contributed by atoms with E-state index in [9.17, 15) is 0 Å². The van der Waals surface area contributed by atoms with Gasteiger partial charge in [-0.1, -0.05) is 50.3 Å². The van der Waals surface area contributed by atoms with Crippen molar-refractivity contribution in [1.82, 2.24) is 0 Å². The summed E-state index contributed by atoms with van der Waals surface area (Å²) >= 11 is 0. The minimum atomic E-state index is 0.671. The molecule has 0 aromatic heterocycles. The van der Waals surface area contributed by atoms with Crippen LogP contribution in [0.5, 0.6) is 0 Å². The first kappa shape index (κ1) is 18.5. The van der Waals surface area contributed by atoms with Crippen LogP contribution in [0.25, 0.3) is 12.2 Å². The molecule has 0 radical (unpaired) electrons. The Morgan fingerprint density at radius 1 is 0.458 bits per heavy atom. The maximum Gasteiger partial charge on any atom is -0.0192 e. The Morgan fingerprint density at radius 2 is 0.708 bits per heavy atom. The number of fused-ring (bicyclic) bond motifs is 1. The molecule has 24 heavy (non-hydrogen) atoms. The van der Waals surface area contributed by atoms with Crippen molar-refractivity contribution in [3.63, 3.8) is 0 Å². The summed E-state index contributed by atoms with van der Waals surface area (Å²) in [5, 5.41) is 2.83. The molecule has 2 aromatic rings. The molecule has 0 fully saturated rings. The van der Waals surface area contributed by atoms with Crippen LogP contribution in [0.1, 0.15) is 47.2 Å². The van der Waals surface area contributed by atoms with E-state index in [1.807, 2.05) is 0 Å². The first-order chi connectivity index (χ1) is 11.2. The Kier molecular flexibility index (Phi) is 5.70. The monoisotopic (exact) mass is 320 g/mol. The second-order valence-electron chi connectivity index (χ2n) is 7.64. The lowest BCUT2D eigenvalue weighted by Crippen LogP contribution is -2.32. The summed E-state index contributed by atoms with van der Waals surface area (Å²) in [6.45, 7) is 17.6. The van der Waals surface area contributed by atoms with Crippen LogP contribution in [0.3, 0.4) is 0 Å². The van der Waals surface area contributed by atoms with Crippen LogP contribution in [0.2, 0.25) is 0 Å². The van der Waals surface area contributed by atoms with Gasteiger partial charge in [-0.25, -0.2) is 0 Å². The van der Waals surface area contributed by atoms with Crippen LogP contribution < -0.4 is 10.4 Å². The van der Waals surface area contributed by atoms with Crippen LogP contribution >= 0.6 is 0 Å². The van der Waals surface area contributed by atoms with Gasteiger partial charge >= 0.3 is 0 Å². The third-order valence-electron chi connectivity index (χ3n) is 5.52. The number of benzene rings is 2. The quantitative estimate of drug-likeness (QED) is 0.635. The lowest BCUT2D eigenvalue weighted by molar-refractivity contribution is 0.608. The minimum absolute atomic E-state index is 0.671. The van der Waals surface area contributed by atoms with Crippen molar-refractivity contribution in [1.29, 1.82) is 0 Å². The van der Waals surface area contributed by atoms with Crippen LogP contribution in [-0.2, 0) is 0 Å². The van der Waals surface area contributed by atoms with E-state index in [1.54, 1.807) is 0 Å². The third kappa shape index (κ3) is 4.17. The molecule has 0 bridgehead atoms. The van der Waals surface area contributed by atoms with E-state index >= 15 is 0 Å². The summed E-state index contributed by atoms with van der Waals surface area (Å²) < 4.78 is 0. The van der Waals surface area contributed by atoms with Crippen LogP contribution in [0.15, 0.2) is 24.3 Å². The molecule has 0 amide bonds. The molecule has 128 valence electrons. The highest BCUT2D eigenvalue weighted by Crippen LogP contribution is 2.16. The van der Waals surface area contributed by atoms with E-state index in [0.717, 1.165) is 0 Å². The highest BCUT2D eigenvalue weighted by atomic mass is 14.1. The fourth-order valence-corrected chi connectivity index (χ4v) is 3.12. The Morgan fingerprint density at radius 3 is 1.00 bits per heavy atom. The lowest BCUT2D eigenvalue weighted by Gasteiger charge is -2.17. The Bertz CT molecular complexity index is 757. The predicted octanol–water partition coefficient (Wildman–Crippen LogP) is 5.07. The summed E-state index contributed by atoms with van der Waals surface area (Å²) in [6.07, 6.45) is 4.79. The van der Waals surface area contributed by atoms with Crippen LogP contribution in [-0.4, -0.2) is 0 Å². The molecular weight excluding hydrogens is 288 g/mol. The molecule has 0 spiro atoms. The topological polar surface area (TPSA) is 0 Å². The van der Waals surface area contributed by atoms with Gasteiger partial charge in [0, 0.05) is 0 Å². The molecule has 1 aliphatic rings. The van der Waals surface area contributed by atoms with Gasteiger partial charge in [-0.15, -0.1) is 0 Å². The summed E-state index contributed by atoms with van der Waals surface area (Å²) in [6, 6.07) is 9.10. The average Bonchev–Trinajstić information content (AvgIpc) is 2.50. The van der Waals surface area contributed by atoms with Crippen molar-refractivity contribution >= 4 is 12.2 Å². The summed E-state index contributed by atoms with van der Waals surface area (Å²) in [5.41, 5.74) is 8.36. The van der Waals surface area contributed by atoms with Gasteiger partial charge in [0.1, 0.15) is 0 Å². The van der Waals surface area contributed by atoms with Crippen molar-refractivity contribution < 1.29 is 0 Å². The Labute approximate surface area is 147 Å². The van der Waals surface area contributed by atoms with Crippen molar-refractivity contribution in [3.05, 3.63) is 68.1 Å². The van der Waals surface area contributed by atoms with Crippen molar-refractivity contribution in [2.45, 2.75) is 55.4 Å². The maximum absolute atomic E-state index is 2.40. The summed E-state index contributed by atoms with van der Waals surface area (Å²) in [4.78, 5) is 0. The van der Waals surface area contributed by atoms with Crippen LogP contribution in [0.4, 0.5) is 0 Å². The zero-order valence-corrected chi connectivity index (χ0v) is 16.6. The molecule has 0 saturated heterocycles. The fourth-order valence-electron chi connectivity index (χ4n) is 3.12. The van der Waals surface area contributed by atoms with Gasteiger partial charge in [-0.2, -0.15) is 0 Å². The molecule has 2 atom stereocenters. The highest BCUT2D eigenvalue weighted by Gasteiger charge is 2.10.